The molecule has 0 spiro atoms. The smallest absolute Gasteiger partial charge is 0.251 e. The fourth-order valence-corrected chi connectivity index (χ4v) is 3.39. The van der Waals surface area contributed by atoms with Crippen molar-refractivity contribution in [2.75, 3.05) is 25.5 Å². The molecule has 0 unspecified atom stereocenters. The summed E-state index contributed by atoms with van der Waals surface area (Å²) in [5.41, 5.74) is 4.41. The molecular formula is C20H20FN5O2. The lowest BCUT2D eigenvalue weighted by Crippen LogP contribution is -2.30. The van der Waals surface area contributed by atoms with Crippen LogP contribution in [-0.4, -0.2) is 50.9 Å². The SMILES string of the molecule is CN1CCn2nc(-c3ccc(F)cc3)c(-c3ccnc(NC(=O)CO)c3)c2C1. The number of pyridine rings is 1. The molecule has 0 fully saturated rings. The molecule has 0 aliphatic carbocycles. The number of hydrogen-bond acceptors (Lipinski definition) is 5. The topological polar surface area (TPSA) is 83.3 Å². The van der Waals surface area contributed by atoms with Crippen molar-refractivity contribution in [2.24, 2.45) is 0 Å². The molecule has 1 aliphatic rings. The third-order valence-corrected chi connectivity index (χ3v) is 4.75. The highest BCUT2D eigenvalue weighted by Gasteiger charge is 2.24. The van der Waals surface area contributed by atoms with Gasteiger partial charge in [-0.3, -0.25) is 14.4 Å². The summed E-state index contributed by atoms with van der Waals surface area (Å²) in [6.07, 6.45) is 1.60. The van der Waals surface area contributed by atoms with Crippen LogP contribution in [0.5, 0.6) is 0 Å². The van der Waals surface area contributed by atoms with Gasteiger partial charge in [-0.25, -0.2) is 9.37 Å². The number of hydrogen-bond donors (Lipinski definition) is 2. The second-order valence-corrected chi connectivity index (χ2v) is 6.77. The van der Waals surface area contributed by atoms with Crippen molar-refractivity contribution in [1.82, 2.24) is 19.7 Å². The quantitative estimate of drug-likeness (QED) is 0.723. The number of benzene rings is 1. The lowest BCUT2D eigenvalue weighted by atomic mass is 9.98. The van der Waals surface area contributed by atoms with Gasteiger partial charge in [0, 0.05) is 30.4 Å². The van der Waals surface area contributed by atoms with Crippen LogP contribution in [0, 0.1) is 5.82 Å². The molecule has 3 aromatic rings. The first-order valence-electron chi connectivity index (χ1n) is 8.96. The molecule has 1 aromatic carbocycles. The van der Waals surface area contributed by atoms with Crippen molar-refractivity contribution in [3.05, 3.63) is 54.1 Å². The number of carbonyl (C=O) groups is 1. The number of anilines is 1. The molecule has 1 aliphatic heterocycles. The molecule has 8 heteroatoms. The van der Waals surface area contributed by atoms with E-state index in [0.717, 1.165) is 47.7 Å². The maximum Gasteiger partial charge on any atom is 0.251 e. The van der Waals surface area contributed by atoms with Crippen molar-refractivity contribution in [3.63, 3.8) is 0 Å². The number of likely N-dealkylation sites (N-methyl/N-ethyl adjacent to an activating group) is 1. The second kappa shape index (κ2) is 7.49. The van der Waals surface area contributed by atoms with Gasteiger partial charge in [0.15, 0.2) is 0 Å². The van der Waals surface area contributed by atoms with E-state index in [4.69, 9.17) is 10.2 Å². The van der Waals surface area contributed by atoms with Gasteiger partial charge in [-0.15, -0.1) is 0 Å². The Labute approximate surface area is 161 Å². The van der Waals surface area contributed by atoms with Gasteiger partial charge < -0.3 is 10.4 Å². The Morgan fingerprint density at radius 3 is 2.75 bits per heavy atom. The number of fused-ring (bicyclic) bond motifs is 1. The van der Waals surface area contributed by atoms with E-state index in [1.54, 1.807) is 24.4 Å². The van der Waals surface area contributed by atoms with Crippen LogP contribution in [0.4, 0.5) is 10.2 Å². The molecule has 0 saturated carbocycles. The lowest BCUT2D eigenvalue weighted by Gasteiger charge is -2.24. The van der Waals surface area contributed by atoms with Crippen molar-refractivity contribution in [1.29, 1.82) is 0 Å². The normalized spacial score (nSPS) is 14.0. The summed E-state index contributed by atoms with van der Waals surface area (Å²) in [6.45, 7) is 1.77. The molecule has 144 valence electrons. The first kappa shape index (κ1) is 18.3. The van der Waals surface area contributed by atoms with Gasteiger partial charge in [0.05, 0.1) is 12.2 Å². The van der Waals surface area contributed by atoms with Crippen LogP contribution in [0.15, 0.2) is 42.6 Å². The van der Waals surface area contributed by atoms with Crippen molar-refractivity contribution >= 4 is 11.7 Å². The Morgan fingerprint density at radius 1 is 1.21 bits per heavy atom. The van der Waals surface area contributed by atoms with Crippen molar-refractivity contribution < 1.29 is 14.3 Å². The first-order valence-corrected chi connectivity index (χ1v) is 8.96. The fraction of sp³-hybridized carbons (Fsp3) is 0.250. The summed E-state index contributed by atoms with van der Waals surface area (Å²) in [6, 6.07) is 9.88. The fourth-order valence-electron chi connectivity index (χ4n) is 3.39. The van der Waals surface area contributed by atoms with E-state index in [9.17, 15) is 9.18 Å². The Bertz CT molecular complexity index is 1020. The molecule has 4 rings (SSSR count). The highest BCUT2D eigenvalue weighted by atomic mass is 19.1. The molecule has 0 radical (unpaired) electrons. The Kier molecular flexibility index (Phi) is 4.89. The number of halogens is 1. The molecule has 0 saturated heterocycles. The minimum absolute atomic E-state index is 0.299. The predicted molar refractivity (Wildman–Crippen MR) is 103 cm³/mol. The Hall–Kier alpha value is -3.10. The standard InChI is InChI=1S/C20H20FN5O2/c1-25-8-9-26-16(11-25)19(20(24-26)13-2-4-15(21)5-3-13)14-6-7-22-17(10-14)23-18(28)12-27/h2-7,10,27H,8-9,11-12H2,1H3,(H,22,23,28). The number of carbonyl (C=O) groups excluding carboxylic acids is 1. The van der Waals surface area contributed by atoms with Crippen molar-refractivity contribution in [3.8, 4) is 22.4 Å². The average Bonchev–Trinajstić information content (AvgIpc) is 3.07. The lowest BCUT2D eigenvalue weighted by molar-refractivity contribution is -0.118. The van der Waals surface area contributed by atoms with Gasteiger partial charge in [-0.1, -0.05) is 0 Å². The number of nitrogens with one attached hydrogen (secondary N) is 1. The van der Waals surface area contributed by atoms with Crippen LogP contribution < -0.4 is 5.32 Å². The van der Waals surface area contributed by atoms with Gasteiger partial charge in [-0.05, 0) is 49.0 Å². The highest BCUT2D eigenvalue weighted by molar-refractivity contribution is 5.92. The van der Waals surface area contributed by atoms with Gasteiger partial charge in [0.25, 0.3) is 5.91 Å². The van der Waals surface area contributed by atoms with Crippen molar-refractivity contribution in [2.45, 2.75) is 13.1 Å². The second-order valence-electron chi connectivity index (χ2n) is 6.77. The summed E-state index contributed by atoms with van der Waals surface area (Å²) < 4.78 is 15.4. The number of amides is 1. The Morgan fingerprint density at radius 2 is 2.00 bits per heavy atom. The van der Waals surface area contributed by atoms with E-state index in [-0.39, 0.29) is 5.82 Å². The number of aromatic nitrogens is 3. The zero-order valence-electron chi connectivity index (χ0n) is 15.4. The maximum absolute atomic E-state index is 13.4. The van der Waals surface area contributed by atoms with Crippen LogP contribution in [0.1, 0.15) is 5.69 Å². The number of nitrogens with zero attached hydrogens (tertiary/aromatic N) is 4. The first-order chi connectivity index (χ1) is 13.5. The molecule has 2 aromatic heterocycles. The molecule has 1 amide bonds. The van der Waals surface area contributed by atoms with Gasteiger partial charge in [0.2, 0.25) is 0 Å². The highest BCUT2D eigenvalue weighted by Crippen LogP contribution is 2.37. The van der Waals surface area contributed by atoms with Crippen LogP contribution in [0.3, 0.4) is 0 Å². The Balaban J connectivity index is 1.85. The van der Waals surface area contributed by atoms with Gasteiger partial charge in [0.1, 0.15) is 23.9 Å². The number of aliphatic hydroxyl groups is 1. The third-order valence-electron chi connectivity index (χ3n) is 4.75. The average molecular weight is 381 g/mol. The van der Waals surface area contributed by atoms with E-state index in [1.807, 2.05) is 10.7 Å². The summed E-state index contributed by atoms with van der Waals surface area (Å²) in [5.74, 6) is -0.474. The van der Waals surface area contributed by atoms with Gasteiger partial charge in [-0.2, -0.15) is 5.10 Å². The van der Waals surface area contributed by atoms with Crippen LogP contribution in [0.25, 0.3) is 22.4 Å². The summed E-state index contributed by atoms with van der Waals surface area (Å²) in [5, 5.41) is 16.3. The zero-order chi connectivity index (χ0) is 19.7. The largest absolute Gasteiger partial charge is 0.387 e. The minimum atomic E-state index is -0.610. The summed E-state index contributed by atoms with van der Waals surface area (Å²) in [7, 11) is 2.05. The molecule has 0 bridgehead atoms. The molecule has 2 N–H and O–H groups in total. The molecule has 28 heavy (non-hydrogen) atoms. The molecular weight excluding hydrogens is 361 g/mol. The van der Waals surface area contributed by atoms with E-state index >= 15 is 0 Å². The van der Waals surface area contributed by atoms with Crippen LogP contribution >= 0.6 is 0 Å². The molecule has 3 heterocycles. The van der Waals surface area contributed by atoms with E-state index < -0.39 is 12.5 Å². The van der Waals surface area contributed by atoms with Gasteiger partial charge >= 0.3 is 0 Å². The van der Waals surface area contributed by atoms with E-state index in [1.165, 1.54) is 12.1 Å². The maximum atomic E-state index is 13.4. The minimum Gasteiger partial charge on any atom is -0.387 e. The molecule has 0 atom stereocenters. The van der Waals surface area contributed by atoms with E-state index in [0.29, 0.717) is 5.82 Å². The summed E-state index contributed by atoms with van der Waals surface area (Å²) >= 11 is 0. The van der Waals surface area contributed by atoms with E-state index in [2.05, 4.69) is 22.2 Å². The summed E-state index contributed by atoms with van der Waals surface area (Å²) in [4.78, 5) is 17.9. The predicted octanol–water partition coefficient (Wildman–Crippen LogP) is 2.13. The number of rotatable bonds is 4. The molecule has 7 nitrogen and oxygen atoms in total. The zero-order valence-corrected chi connectivity index (χ0v) is 15.4. The van der Waals surface area contributed by atoms with Crippen LogP contribution in [0.2, 0.25) is 0 Å². The monoisotopic (exact) mass is 381 g/mol. The van der Waals surface area contributed by atoms with Crippen LogP contribution in [-0.2, 0) is 17.9 Å². The number of aliphatic hydroxyl groups excluding tert-OH is 1. The third kappa shape index (κ3) is 3.51.